The maximum atomic E-state index is 12.4. The zero-order valence-electron chi connectivity index (χ0n) is 17.1. The van der Waals surface area contributed by atoms with Gasteiger partial charge in [-0.15, -0.1) is 0 Å². The molecule has 1 aliphatic heterocycles. The number of nitrogens with one attached hydrogen (secondary N) is 1. The molecule has 0 saturated heterocycles. The highest BCUT2D eigenvalue weighted by atomic mass is 16.4. The molecule has 29 heavy (non-hydrogen) atoms. The van der Waals surface area contributed by atoms with Gasteiger partial charge in [0, 0.05) is 17.8 Å². The summed E-state index contributed by atoms with van der Waals surface area (Å²) in [4.78, 5) is 12.4. The predicted molar refractivity (Wildman–Crippen MR) is 114 cm³/mol. The monoisotopic (exact) mass is 386 g/mol. The molecule has 1 heterocycles. The Hall–Kier alpha value is -3.32. The minimum atomic E-state index is -0.995. The molecule has 0 aliphatic carbocycles. The number of hydrogen-bond donors (Lipinski definition) is 2. The lowest BCUT2D eigenvalue weighted by atomic mass is 9.78. The van der Waals surface area contributed by atoms with Crippen molar-refractivity contribution in [2.75, 3.05) is 0 Å². The van der Waals surface area contributed by atoms with Gasteiger partial charge in [-0.25, -0.2) is 4.79 Å². The van der Waals surface area contributed by atoms with Crippen LogP contribution >= 0.6 is 0 Å². The van der Waals surface area contributed by atoms with Gasteiger partial charge in [0.15, 0.2) is 0 Å². The Morgan fingerprint density at radius 2 is 1.76 bits per heavy atom. The quantitative estimate of drug-likeness (QED) is 0.725. The molecule has 0 radical (unpaired) electrons. The standard InChI is InChI=1S/C25H26N2O2/c1-16(2)13-21-20(15-26)23(19-11-9-17(3)10-12-19)24(25(28)29)22(27-21)14-18-7-5-4-6-8-18/h4-12,16,23,27H,13-14H2,1-3H3,(H,28,29). The first kappa shape index (κ1) is 20.4. The average Bonchev–Trinajstić information content (AvgIpc) is 2.68. The third kappa shape index (κ3) is 4.57. The molecule has 0 amide bonds. The molecule has 1 atom stereocenters. The Labute approximate surface area is 172 Å². The van der Waals surface area contributed by atoms with Crippen molar-refractivity contribution in [2.45, 2.75) is 39.5 Å². The Bertz CT molecular complexity index is 993. The average molecular weight is 386 g/mol. The number of carboxylic acids is 1. The molecule has 4 heteroatoms. The van der Waals surface area contributed by atoms with Crippen LogP contribution in [-0.4, -0.2) is 11.1 Å². The zero-order chi connectivity index (χ0) is 21.0. The fraction of sp³-hybridized carbons (Fsp3) is 0.280. The number of aryl methyl sites for hydroxylation is 1. The molecule has 1 unspecified atom stereocenters. The summed E-state index contributed by atoms with van der Waals surface area (Å²) in [6.45, 7) is 6.18. The van der Waals surface area contributed by atoms with Crippen LogP contribution < -0.4 is 5.32 Å². The Morgan fingerprint density at radius 1 is 1.10 bits per heavy atom. The first-order chi connectivity index (χ1) is 13.9. The summed E-state index contributed by atoms with van der Waals surface area (Å²) < 4.78 is 0. The summed E-state index contributed by atoms with van der Waals surface area (Å²) >= 11 is 0. The van der Waals surface area contributed by atoms with Gasteiger partial charge in [0.1, 0.15) is 0 Å². The summed E-state index contributed by atoms with van der Waals surface area (Å²) in [5.41, 5.74) is 5.18. The molecule has 0 spiro atoms. The number of carboxylic acid groups (broad SMARTS) is 1. The van der Waals surface area contributed by atoms with Gasteiger partial charge >= 0.3 is 5.97 Å². The van der Waals surface area contributed by atoms with Crippen LogP contribution in [0.1, 0.15) is 42.9 Å². The van der Waals surface area contributed by atoms with Crippen LogP contribution in [0, 0.1) is 24.2 Å². The molecule has 2 aromatic carbocycles. The van der Waals surface area contributed by atoms with Crippen molar-refractivity contribution in [2.24, 2.45) is 5.92 Å². The predicted octanol–water partition coefficient (Wildman–Crippen LogP) is 5.09. The van der Waals surface area contributed by atoms with Gasteiger partial charge in [0.05, 0.1) is 23.1 Å². The SMILES string of the molecule is Cc1ccc(C2C(C#N)=C(CC(C)C)NC(Cc3ccccc3)=C2C(=O)O)cc1. The second-order valence-electron chi connectivity index (χ2n) is 7.93. The lowest BCUT2D eigenvalue weighted by Crippen LogP contribution is -2.31. The van der Waals surface area contributed by atoms with Gasteiger partial charge in [-0.05, 0) is 30.4 Å². The highest BCUT2D eigenvalue weighted by molar-refractivity contribution is 5.91. The number of benzene rings is 2. The zero-order valence-corrected chi connectivity index (χ0v) is 17.1. The van der Waals surface area contributed by atoms with E-state index in [1.165, 1.54) is 0 Å². The molecular weight excluding hydrogens is 360 g/mol. The van der Waals surface area contributed by atoms with Crippen LogP contribution in [0.25, 0.3) is 0 Å². The Kier molecular flexibility index (Phi) is 6.19. The number of nitriles is 1. The Balaban J connectivity index is 2.18. The van der Waals surface area contributed by atoms with Gasteiger partial charge in [-0.3, -0.25) is 0 Å². The van der Waals surface area contributed by atoms with Crippen molar-refractivity contribution in [3.63, 3.8) is 0 Å². The topological polar surface area (TPSA) is 73.1 Å². The Morgan fingerprint density at radius 3 is 2.31 bits per heavy atom. The molecule has 4 nitrogen and oxygen atoms in total. The van der Waals surface area contributed by atoms with E-state index >= 15 is 0 Å². The molecule has 0 fully saturated rings. The van der Waals surface area contributed by atoms with Crippen molar-refractivity contribution in [3.05, 3.63) is 93.8 Å². The van der Waals surface area contributed by atoms with E-state index in [9.17, 15) is 15.2 Å². The second kappa shape index (κ2) is 8.79. The van der Waals surface area contributed by atoms with Crippen LogP contribution in [-0.2, 0) is 11.2 Å². The van der Waals surface area contributed by atoms with E-state index in [1.807, 2.05) is 61.5 Å². The smallest absolute Gasteiger partial charge is 0.334 e. The lowest BCUT2D eigenvalue weighted by molar-refractivity contribution is -0.133. The van der Waals surface area contributed by atoms with Gasteiger partial charge < -0.3 is 10.4 Å². The summed E-state index contributed by atoms with van der Waals surface area (Å²) in [7, 11) is 0. The molecule has 2 N–H and O–H groups in total. The summed E-state index contributed by atoms with van der Waals surface area (Å²) in [6, 6.07) is 19.9. The third-order valence-electron chi connectivity index (χ3n) is 5.13. The minimum absolute atomic E-state index is 0.252. The molecule has 1 aliphatic rings. The third-order valence-corrected chi connectivity index (χ3v) is 5.13. The lowest BCUT2D eigenvalue weighted by Gasteiger charge is -2.31. The van der Waals surface area contributed by atoms with Crippen LogP contribution in [0.4, 0.5) is 0 Å². The van der Waals surface area contributed by atoms with E-state index in [0.29, 0.717) is 30.0 Å². The summed E-state index contributed by atoms with van der Waals surface area (Å²) in [6.07, 6.45) is 1.17. The highest BCUT2D eigenvalue weighted by Crippen LogP contribution is 2.40. The van der Waals surface area contributed by atoms with Crippen LogP contribution in [0.15, 0.2) is 77.1 Å². The van der Waals surface area contributed by atoms with Gasteiger partial charge in [-0.2, -0.15) is 5.26 Å². The van der Waals surface area contributed by atoms with Crippen LogP contribution in [0.2, 0.25) is 0 Å². The molecule has 0 saturated carbocycles. The van der Waals surface area contributed by atoms with E-state index in [1.54, 1.807) is 0 Å². The van der Waals surface area contributed by atoms with E-state index in [-0.39, 0.29) is 5.57 Å². The molecular formula is C25H26N2O2. The number of dihydropyridines is 1. The number of allylic oxidation sites excluding steroid dienone is 3. The molecule has 148 valence electrons. The maximum Gasteiger partial charge on any atom is 0.334 e. The highest BCUT2D eigenvalue weighted by Gasteiger charge is 2.35. The van der Waals surface area contributed by atoms with Crippen molar-refractivity contribution < 1.29 is 9.90 Å². The van der Waals surface area contributed by atoms with Crippen LogP contribution in [0.5, 0.6) is 0 Å². The fourth-order valence-electron chi connectivity index (χ4n) is 3.80. The van der Waals surface area contributed by atoms with Gasteiger partial charge in [0.2, 0.25) is 0 Å². The number of nitrogens with zero attached hydrogens (tertiary/aromatic N) is 1. The maximum absolute atomic E-state index is 12.4. The largest absolute Gasteiger partial charge is 0.478 e. The molecule has 3 rings (SSSR count). The first-order valence-electron chi connectivity index (χ1n) is 9.87. The fourth-order valence-corrected chi connectivity index (χ4v) is 3.80. The molecule has 2 aromatic rings. The number of hydrogen-bond acceptors (Lipinski definition) is 3. The van der Waals surface area contributed by atoms with E-state index < -0.39 is 11.9 Å². The summed E-state index contributed by atoms with van der Waals surface area (Å²) in [5, 5.41) is 23.4. The van der Waals surface area contributed by atoms with Crippen LogP contribution in [0.3, 0.4) is 0 Å². The van der Waals surface area contributed by atoms with E-state index in [0.717, 1.165) is 22.4 Å². The van der Waals surface area contributed by atoms with Crippen molar-refractivity contribution in [1.82, 2.24) is 5.32 Å². The van der Waals surface area contributed by atoms with E-state index in [2.05, 4.69) is 25.2 Å². The number of rotatable bonds is 6. The second-order valence-corrected chi connectivity index (χ2v) is 7.93. The summed E-state index contributed by atoms with van der Waals surface area (Å²) in [5.74, 6) is -1.24. The number of aliphatic carboxylic acids is 1. The number of carbonyl (C=O) groups is 1. The van der Waals surface area contributed by atoms with Gasteiger partial charge in [-0.1, -0.05) is 74.0 Å². The van der Waals surface area contributed by atoms with Gasteiger partial charge in [0.25, 0.3) is 0 Å². The minimum Gasteiger partial charge on any atom is -0.478 e. The van der Waals surface area contributed by atoms with E-state index in [4.69, 9.17) is 0 Å². The molecule has 0 bridgehead atoms. The van der Waals surface area contributed by atoms with Crippen molar-refractivity contribution >= 4 is 5.97 Å². The van der Waals surface area contributed by atoms with Crippen molar-refractivity contribution in [1.29, 1.82) is 5.26 Å². The normalized spacial score (nSPS) is 16.6. The van der Waals surface area contributed by atoms with Crippen molar-refractivity contribution in [3.8, 4) is 6.07 Å². The molecule has 0 aromatic heterocycles. The first-order valence-corrected chi connectivity index (χ1v) is 9.87.